The van der Waals surface area contributed by atoms with E-state index in [1.807, 2.05) is 6.92 Å². The summed E-state index contributed by atoms with van der Waals surface area (Å²) in [7, 11) is -3.11. The standard InChI is InChI=1S/C20H27NO7S/c1-3-11-27-17-6-4-15(5-7-17)18(22)8-9-19(23)28-14(2)20(24)21-16-10-12-29(25,26)13-16/h4-7,14,16H,3,8-13H2,1-2H3,(H,21,24)/t14-,16+/m1/s1. The fraction of sp³-hybridized carbons (Fsp3) is 0.550. The first kappa shape index (κ1) is 22.9. The Hall–Kier alpha value is -2.42. The van der Waals surface area contributed by atoms with E-state index >= 15 is 0 Å². The number of Topliss-reactive ketones (excluding diaryl/α,β-unsaturated/α-hetero) is 1. The van der Waals surface area contributed by atoms with E-state index in [1.165, 1.54) is 6.92 Å². The summed E-state index contributed by atoms with van der Waals surface area (Å²) in [5, 5.41) is 2.58. The normalized spacial score (nSPS) is 18.6. The fourth-order valence-electron chi connectivity index (χ4n) is 2.85. The number of hydrogen-bond donors (Lipinski definition) is 1. The van der Waals surface area contributed by atoms with Crippen LogP contribution in [0.4, 0.5) is 0 Å². The smallest absolute Gasteiger partial charge is 0.307 e. The third-order valence-corrected chi connectivity index (χ3v) is 6.23. The molecule has 1 amide bonds. The molecule has 0 radical (unpaired) electrons. The molecule has 0 spiro atoms. The number of rotatable bonds is 10. The van der Waals surface area contributed by atoms with Crippen LogP contribution in [0.2, 0.25) is 0 Å². The van der Waals surface area contributed by atoms with Crippen LogP contribution in [-0.4, -0.2) is 56.3 Å². The minimum atomic E-state index is -3.11. The lowest BCUT2D eigenvalue weighted by molar-refractivity contribution is -0.154. The van der Waals surface area contributed by atoms with Crippen molar-refractivity contribution in [2.24, 2.45) is 0 Å². The highest BCUT2D eigenvalue weighted by atomic mass is 32.2. The first-order chi connectivity index (χ1) is 13.7. The fourth-order valence-corrected chi connectivity index (χ4v) is 4.53. The van der Waals surface area contributed by atoms with Gasteiger partial charge in [0, 0.05) is 18.0 Å². The van der Waals surface area contributed by atoms with Crippen LogP contribution in [0.1, 0.15) is 49.9 Å². The van der Waals surface area contributed by atoms with Crippen LogP contribution in [0, 0.1) is 0 Å². The Morgan fingerprint density at radius 1 is 1.17 bits per heavy atom. The van der Waals surface area contributed by atoms with E-state index in [4.69, 9.17) is 9.47 Å². The zero-order valence-electron chi connectivity index (χ0n) is 16.7. The van der Waals surface area contributed by atoms with Gasteiger partial charge in [-0.3, -0.25) is 14.4 Å². The molecule has 1 saturated heterocycles. The lowest BCUT2D eigenvalue weighted by Crippen LogP contribution is -2.42. The Kier molecular flexibility index (Phi) is 8.19. The first-order valence-electron chi connectivity index (χ1n) is 9.66. The molecule has 0 saturated carbocycles. The summed E-state index contributed by atoms with van der Waals surface area (Å²) >= 11 is 0. The van der Waals surface area contributed by atoms with Crippen molar-refractivity contribution < 1.29 is 32.3 Å². The van der Waals surface area contributed by atoms with Gasteiger partial charge in [0.25, 0.3) is 5.91 Å². The minimum absolute atomic E-state index is 0.0385. The molecule has 1 aromatic carbocycles. The van der Waals surface area contributed by atoms with Gasteiger partial charge in [-0.15, -0.1) is 0 Å². The van der Waals surface area contributed by atoms with Crippen LogP contribution in [-0.2, 0) is 24.2 Å². The molecule has 1 aliphatic rings. The van der Waals surface area contributed by atoms with Crippen molar-refractivity contribution in [3.05, 3.63) is 29.8 Å². The van der Waals surface area contributed by atoms with Gasteiger partial charge >= 0.3 is 5.97 Å². The number of hydrogen-bond acceptors (Lipinski definition) is 7. The number of sulfone groups is 1. The lowest BCUT2D eigenvalue weighted by atomic mass is 10.1. The second kappa shape index (κ2) is 10.4. The maximum atomic E-state index is 12.2. The third kappa shape index (κ3) is 7.49. The number of carbonyl (C=O) groups is 3. The summed E-state index contributed by atoms with van der Waals surface area (Å²) in [6, 6.07) is 6.24. The zero-order valence-corrected chi connectivity index (χ0v) is 17.5. The quantitative estimate of drug-likeness (QED) is 0.448. The second-order valence-corrected chi connectivity index (χ2v) is 9.27. The largest absolute Gasteiger partial charge is 0.494 e. The molecule has 0 aromatic heterocycles. The Morgan fingerprint density at radius 2 is 1.86 bits per heavy atom. The molecule has 9 heteroatoms. The molecule has 8 nitrogen and oxygen atoms in total. The Morgan fingerprint density at radius 3 is 2.45 bits per heavy atom. The Bertz CT molecular complexity index is 833. The van der Waals surface area contributed by atoms with Gasteiger partial charge in [0.15, 0.2) is 21.7 Å². The summed E-state index contributed by atoms with van der Waals surface area (Å²) in [5.74, 6) is -0.803. The molecule has 1 fully saturated rings. The summed E-state index contributed by atoms with van der Waals surface area (Å²) in [5.41, 5.74) is 0.467. The predicted molar refractivity (Wildman–Crippen MR) is 107 cm³/mol. The van der Waals surface area contributed by atoms with Gasteiger partial charge in [-0.25, -0.2) is 8.42 Å². The first-order valence-corrected chi connectivity index (χ1v) is 11.5. The van der Waals surface area contributed by atoms with Gasteiger partial charge in [0.2, 0.25) is 0 Å². The van der Waals surface area contributed by atoms with Crippen molar-refractivity contribution in [2.75, 3.05) is 18.1 Å². The number of ether oxygens (including phenoxy) is 2. The van der Waals surface area contributed by atoms with Gasteiger partial charge in [-0.05, 0) is 44.0 Å². The van der Waals surface area contributed by atoms with Crippen LogP contribution in [0.3, 0.4) is 0 Å². The average molecular weight is 426 g/mol. The molecular formula is C20H27NO7S. The average Bonchev–Trinajstić information content (AvgIpc) is 3.03. The van der Waals surface area contributed by atoms with Crippen molar-refractivity contribution in [2.45, 2.75) is 51.7 Å². The van der Waals surface area contributed by atoms with Crippen LogP contribution in [0.25, 0.3) is 0 Å². The highest BCUT2D eigenvalue weighted by Gasteiger charge is 2.30. The molecule has 1 aromatic rings. The Balaban J connectivity index is 1.74. The molecule has 1 heterocycles. The Labute approximate surface area is 170 Å². The molecule has 0 aliphatic carbocycles. The minimum Gasteiger partial charge on any atom is -0.494 e. The van der Waals surface area contributed by atoms with Crippen LogP contribution < -0.4 is 10.1 Å². The number of esters is 1. The molecule has 1 N–H and O–H groups in total. The van der Waals surface area contributed by atoms with Crippen LogP contribution >= 0.6 is 0 Å². The second-order valence-electron chi connectivity index (χ2n) is 7.04. The topological polar surface area (TPSA) is 116 Å². The third-order valence-electron chi connectivity index (χ3n) is 4.46. The molecular weight excluding hydrogens is 398 g/mol. The molecule has 160 valence electrons. The number of amides is 1. The van der Waals surface area contributed by atoms with Crippen molar-refractivity contribution in [3.63, 3.8) is 0 Å². The van der Waals surface area contributed by atoms with E-state index in [0.29, 0.717) is 24.3 Å². The van der Waals surface area contributed by atoms with E-state index in [-0.39, 0.29) is 30.1 Å². The van der Waals surface area contributed by atoms with Gasteiger partial charge in [-0.2, -0.15) is 0 Å². The van der Waals surface area contributed by atoms with Gasteiger partial charge in [-0.1, -0.05) is 6.92 Å². The summed E-state index contributed by atoms with van der Waals surface area (Å²) in [6.07, 6.45) is -0.00770. The molecule has 0 bridgehead atoms. The van der Waals surface area contributed by atoms with Crippen molar-refractivity contribution in [1.82, 2.24) is 5.32 Å². The summed E-state index contributed by atoms with van der Waals surface area (Å²) in [4.78, 5) is 36.2. The zero-order chi connectivity index (χ0) is 21.4. The molecule has 0 unspecified atom stereocenters. The van der Waals surface area contributed by atoms with Crippen molar-refractivity contribution >= 4 is 27.5 Å². The van der Waals surface area contributed by atoms with Crippen LogP contribution in [0.5, 0.6) is 5.75 Å². The van der Waals surface area contributed by atoms with E-state index in [9.17, 15) is 22.8 Å². The molecule has 2 rings (SSSR count). The predicted octanol–water partition coefficient (Wildman–Crippen LogP) is 1.67. The highest BCUT2D eigenvalue weighted by molar-refractivity contribution is 7.91. The maximum Gasteiger partial charge on any atom is 0.307 e. The molecule has 2 atom stereocenters. The number of nitrogens with one attached hydrogen (secondary N) is 1. The number of benzene rings is 1. The van der Waals surface area contributed by atoms with E-state index in [1.54, 1.807) is 24.3 Å². The molecule has 29 heavy (non-hydrogen) atoms. The van der Waals surface area contributed by atoms with Gasteiger partial charge < -0.3 is 14.8 Å². The summed E-state index contributed by atoms with van der Waals surface area (Å²) < 4.78 is 33.4. The highest BCUT2D eigenvalue weighted by Crippen LogP contribution is 2.15. The number of ketones is 1. The van der Waals surface area contributed by atoms with E-state index in [2.05, 4.69) is 5.32 Å². The van der Waals surface area contributed by atoms with Crippen molar-refractivity contribution in [3.8, 4) is 5.75 Å². The maximum absolute atomic E-state index is 12.2. The van der Waals surface area contributed by atoms with Crippen LogP contribution in [0.15, 0.2) is 24.3 Å². The monoisotopic (exact) mass is 425 g/mol. The van der Waals surface area contributed by atoms with Gasteiger partial charge in [0.05, 0.1) is 24.5 Å². The van der Waals surface area contributed by atoms with Crippen molar-refractivity contribution in [1.29, 1.82) is 0 Å². The number of carbonyl (C=O) groups excluding carboxylic acids is 3. The van der Waals surface area contributed by atoms with Gasteiger partial charge in [0.1, 0.15) is 5.75 Å². The summed E-state index contributed by atoms with van der Waals surface area (Å²) in [6.45, 7) is 4.01. The lowest BCUT2D eigenvalue weighted by Gasteiger charge is -2.16. The molecule has 1 aliphatic heterocycles. The van der Waals surface area contributed by atoms with E-state index < -0.39 is 33.9 Å². The van der Waals surface area contributed by atoms with E-state index in [0.717, 1.165) is 6.42 Å². The SMILES string of the molecule is CCCOc1ccc(C(=O)CCC(=O)O[C@H](C)C(=O)N[C@H]2CCS(=O)(=O)C2)cc1.